The number of aryl methyl sites for hydroxylation is 1. The highest BCUT2D eigenvalue weighted by Crippen LogP contribution is 2.23. The summed E-state index contributed by atoms with van der Waals surface area (Å²) in [6, 6.07) is 14.1. The molecule has 1 aliphatic rings. The minimum Gasteiger partial charge on any atom is -0.487 e. The summed E-state index contributed by atoms with van der Waals surface area (Å²) < 4.78 is 5.73. The molecule has 4 rings (SSSR count). The van der Waals surface area contributed by atoms with Crippen LogP contribution < -0.4 is 15.0 Å². The van der Waals surface area contributed by atoms with Gasteiger partial charge in [-0.15, -0.1) is 11.3 Å². The Labute approximate surface area is 195 Å². The van der Waals surface area contributed by atoms with Crippen LogP contribution in [0.2, 0.25) is 0 Å². The summed E-state index contributed by atoms with van der Waals surface area (Å²) >= 11 is 1.59. The lowest BCUT2D eigenvalue weighted by Crippen LogP contribution is -2.40. The van der Waals surface area contributed by atoms with Gasteiger partial charge < -0.3 is 10.1 Å². The Hall–Kier alpha value is -3.78. The first-order valence-corrected chi connectivity index (χ1v) is 11.4. The van der Waals surface area contributed by atoms with Gasteiger partial charge in [-0.25, -0.2) is 4.98 Å². The molecule has 7 nitrogen and oxygen atoms in total. The first-order valence-electron chi connectivity index (χ1n) is 10.6. The Balaban J connectivity index is 1.29. The number of thiazole rings is 1. The number of hydrogen-bond acceptors (Lipinski definition) is 6. The van der Waals surface area contributed by atoms with Gasteiger partial charge in [-0.05, 0) is 61.4 Å². The minimum atomic E-state index is -0.285. The number of imide groups is 1. The summed E-state index contributed by atoms with van der Waals surface area (Å²) in [5, 5.41) is 5.76. The van der Waals surface area contributed by atoms with Crippen LogP contribution in [-0.2, 0) is 21.0 Å². The number of piperidine rings is 1. The van der Waals surface area contributed by atoms with Gasteiger partial charge in [0, 0.05) is 30.0 Å². The quantitative estimate of drug-likeness (QED) is 0.406. The number of anilines is 2. The molecule has 0 radical (unpaired) electrons. The Morgan fingerprint density at radius 3 is 2.42 bits per heavy atom. The topological polar surface area (TPSA) is 88.6 Å². The second-order valence-electron chi connectivity index (χ2n) is 7.56. The number of carbonyl (C=O) groups is 3. The molecule has 0 aliphatic carbocycles. The zero-order valence-corrected chi connectivity index (χ0v) is 18.9. The van der Waals surface area contributed by atoms with Crippen molar-refractivity contribution in [1.82, 2.24) is 4.98 Å². The molecule has 33 heavy (non-hydrogen) atoms. The molecule has 1 N–H and O–H groups in total. The van der Waals surface area contributed by atoms with Gasteiger partial charge in [0.2, 0.25) is 17.7 Å². The van der Waals surface area contributed by atoms with E-state index < -0.39 is 0 Å². The Kier molecular flexibility index (Phi) is 6.95. The highest BCUT2D eigenvalue weighted by atomic mass is 32.1. The summed E-state index contributed by atoms with van der Waals surface area (Å²) in [6.07, 6.45) is 4.49. The van der Waals surface area contributed by atoms with Crippen molar-refractivity contribution in [3.05, 3.63) is 76.3 Å². The zero-order valence-electron chi connectivity index (χ0n) is 18.1. The van der Waals surface area contributed by atoms with E-state index in [1.807, 2.05) is 36.6 Å². The average molecular weight is 462 g/mol. The van der Waals surface area contributed by atoms with Crippen LogP contribution in [0.3, 0.4) is 0 Å². The molecular formula is C25H23N3O4S. The van der Waals surface area contributed by atoms with Crippen LogP contribution in [0, 0.1) is 6.92 Å². The highest BCUT2D eigenvalue weighted by Gasteiger charge is 2.27. The summed E-state index contributed by atoms with van der Waals surface area (Å²) in [7, 11) is 0. The third kappa shape index (κ3) is 5.93. The molecule has 1 aromatic heterocycles. The molecule has 3 aromatic rings. The Morgan fingerprint density at radius 2 is 1.79 bits per heavy atom. The second-order valence-corrected chi connectivity index (χ2v) is 8.62. The number of benzene rings is 2. The molecule has 3 amide bonds. The van der Waals surface area contributed by atoms with Crippen LogP contribution in [0.25, 0.3) is 6.08 Å². The maximum Gasteiger partial charge on any atom is 0.248 e. The summed E-state index contributed by atoms with van der Waals surface area (Å²) in [4.78, 5) is 41.9. The van der Waals surface area contributed by atoms with Crippen molar-refractivity contribution in [3.8, 4) is 5.75 Å². The van der Waals surface area contributed by atoms with Crippen LogP contribution in [0.5, 0.6) is 5.75 Å². The fourth-order valence-electron chi connectivity index (χ4n) is 3.40. The molecule has 1 aliphatic heterocycles. The molecule has 0 saturated carbocycles. The number of rotatable bonds is 7. The number of nitrogens with zero attached hydrogens (tertiary/aromatic N) is 2. The maximum absolute atomic E-state index is 12.3. The van der Waals surface area contributed by atoms with Gasteiger partial charge in [-0.3, -0.25) is 19.3 Å². The van der Waals surface area contributed by atoms with Crippen LogP contribution in [0.1, 0.15) is 35.5 Å². The van der Waals surface area contributed by atoms with Crippen molar-refractivity contribution in [1.29, 1.82) is 0 Å². The monoisotopic (exact) mass is 461 g/mol. The van der Waals surface area contributed by atoms with Gasteiger partial charge in [0.1, 0.15) is 12.4 Å². The van der Waals surface area contributed by atoms with Crippen molar-refractivity contribution in [3.63, 3.8) is 0 Å². The lowest BCUT2D eigenvalue weighted by atomic mass is 10.1. The molecule has 0 unspecified atom stereocenters. The van der Waals surface area contributed by atoms with E-state index in [0.717, 1.165) is 22.0 Å². The van der Waals surface area contributed by atoms with E-state index in [0.29, 0.717) is 37.2 Å². The van der Waals surface area contributed by atoms with E-state index in [4.69, 9.17) is 4.74 Å². The molecule has 8 heteroatoms. The molecule has 2 heterocycles. The van der Waals surface area contributed by atoms with Gasteiger partial charge in [0.05, 0.1) is 16.4 Å². The van der Waals surface area contributed by atoms with Crippen LogP contribution in [0.15, 0.2) is 60.0 Å². The smallest absolute Gasteiger partial charge is 0.248 e. The maximum atomic E-state index is 12.3. The normalized spacial score (nSPS) is 14.0. The highest BCUT2D eigenvalue weighted by molar-refractivity contribution is 7.09. The molecule has 1 saturated heterocycles. The number of aromatic nitrogens is 1. The number of hydrogen-bond donors (Lipinski definition) is 1. The number of ether oxygens (including phenoxy) is 1. The van der Waals surface area contributed by atoms with Gasteiger partial charge in [0.15, 0.2) is 0 Å². The van der Waals surface area contributed by atoms with Crippen LogP contribution in [-0.4, -0.2) is 22.7 Å². The minimum absolute atomic E-state index is 0.194. The lowest BCUT2D eigenvalue weighted by molar-refractivity contribution is -0.129. The van der Waals surface area contributed by atoms with E-state index in [9.17, 15) is 14.4 Å². The summed E-state index contributed by atoms with van der Waals surface area (Å²) in [6.45, 7) is 2.38. The van der Waals surface area contributed by atoms with E-state index in [1.165, 1.54) is 11.0 Å². The molecule has 0 atom stereocenters. The number of carbonyl (C=O) groups excluding carboxylic acids is 3. The van der Waals surface area contributed by atoms with Crippen molar-refractivity contribution < 1.29 is 19.1 Å². The molecule has 0 spiro atoms. The second kappa shape index (κ2) is 10.2. The van der Waals surface area contributed by atoms with Crippen molar-refractivity contribution in [2.45, 2.75) is 32.8 Å². The fraction of sp³-hybridized carbons (Fsp3) is 0.200. The average Bonchev–Trinajstić information content (AvgIpc) is 3.23. The fourth-order valence-corrected chi connectivity index (χ4v) is 4.00. The van der Waals surface area contributed by atoms with Gasteiger partial charge >= 0.3 is 0 Å². The molecular weight excluding hydrogens is 438 g/mol. The Bertz CT molecular complexity index is 1170. The summed E-state index contributed by atoms with van der Waals surface area (Å²) in [5.41, 5.74) is 2.86. The first-order chi connectivity index (χ1) is 16.0. The SMILES string of the molecule is Cc1nc(COc2ccc(/C=C/C(=O)Nc3ccc(N4C(=O)CCCC4=O)cc3)cc2)cs1. The van der Waals surface area contributed by atoms with E-state index >= 15 is 0 Å². The standard InChI is InChI=1S/C25H23N3O4S/c1-17-26-20(16-33-17)15-32-22-12-5-18(6-13-22)7-14-23(29)27-19-8-10-21(11-9-19)28-24(30)3-2-4-25(28)31/h5-14,16H,2-4,15H2,1H3,(H,27,29)/b14-7+. The molecule has 1 fully saturated rings. The number of amides is 3. The predicted molar refractivity (Wildman–Crippen MR) is 128 cm³/mol. The van der Waals surface area contributed by atoms with E-state index in [-0.39, 0.29) is 17.7 Å². The Morgan fingerprint density at radius 1 is 1.09 bits per heavy atom. The third-order valence-electron chi connectivity index (χ3n) is 5.03. The number of nitrogens with one attached hydrogen (secondary N) is 1. The van der Waals surface area contributed by atoms with Gasteiger partial charge in [-0.2, -0.15) is 0 Å². The van der Waals surface area contributed by atoms with Crippen molar-refractivity contribution in [2.24, 2.45) is 0 Å². The molecule has 0 bridgehead atoms. The van der Waals surface area contributed by atoms with Crippen LogP contribution in [0.4, 0.5) is 11.4 Å². The van der Waals surface area contributed by atoms with Crippen LogP contribution >= 0.6 is 11.3 Å². The summed E-state index contributed by atoms with van der Waals surface area (Å²) in [5.74, 6) is 0.0568. The zero-order chi connectivity index (χ0) is 23.2. The largest absolute Gasteiger partial charge is 0.487 e. The van der Waals surface area contributed by atoms with Gasteiger partial charge in [0.25, 0.3) is 0 Å². The molecule has 168 valence electrons. The first kappa shape index (κ1) is 22.4. The van der Waals surface area contributed by atoms with E-state index in [2.05, 4.69) is 10.3 Å². The van der Waals surface area contributed by atoms with Crippen molar-refractivity contribution >= 4 is 46.5 Å². The van der Waals surface area contributed by atoms with Crippen molar-refractivity contribution in [2.75, 3.05) is 10.2 Å². The third-order valence-corrected chi connectivity index (χ3v) is 5.86. The lowest BCUT2D eigenvalue weighted by Gasteiger charge is -2.24. The van der Waals surface area contributed by atoms with E-state index in [1.54, 1.807) is 41.7 Å². The van der Waals surface area contributed by atoms with Gasteiger partial charge in [-0.1, -0.05) is 12.1 Å². The molecule has 2 aromatic carbocycles. The predicted octanol–water partition coefficient (Wildman–Crippen LogP) is 4.73.